The van der Waals surface area contributed by atoms with Gasteiger partial charge in [-0.3, -0.25) is 25.8 Å². The third-order valence-electron chi connectivity index (χ3n) is 6.51. The predicted molar refractivity (Wildman–Crippen MR) is 190 cm³/mol. The number of nitrogens with one attached hydrogen (secondary N) is 9. The lowest BCUT2D eigenvalue weighted by atomic mass is 10.0. The third kappa shape index (κ3) is 10.3. The number of benzene rings is 3. The minimum Gasteiger partial charge on any atom is -0.369 e. The molecule has 0 aliphatic carbocycles. The molecule has 3 aromatic rings. The van der Waals surface area contributed by atoms with Crippen molar-refractivity contribution in [3.05, 3.63) is 94.0 Å². The minimum absolute atomic E-state index is 0.276. The van der Waals surface area contributed by atoms with Gasteiger partial charge in [-0.2, -0.15) is 15.3 Å². The molecule has 0 atom stereocenters. The van der Waals surface area contributed by atoms with Gasteiger partial charge in [0.15, 0.2) is 0 Å². The zero-order valence-electron chi connectivity index (χ0n) is 26.7. The maximum absolute atomic E-state index is 13.2. The van der Waals surface area contributed by atoms with Crippen LogP contribution in [0, 0.1) is 21.6 Å². The number of carbonyl (C=O) groups excluding carboxylic acids is 2. The summed E-state index contributed by atoms with van der Waals surface area (Å²) in [4.78, 5) is 26.4. The quantitative estimate of drug-likeness (QED) is 0.0826. The predicted octanol–water partition coefficient (Wildman–Crippen LogP) is 2.20. The van der Waals surface area contributed by atoms with Crippen molar-refractivity contribution in [2.45, 2.75) is 27.7 Å². The van der Waals surface area contributed by atoms with Crippen molar-refractivity contribution in [2.24, 2.45) is 32.5 Å². The number of hydrogen-bond acceptors (Lipinski definition) is 9. The molecule has 17 nitrogen and oxygen atoms in total. The summed E-state index contributed by atoms with van der Waals surface area (Å²) >= 11 is 0. The van der Waals surface area contributed by atoms with Crippen LogP contribution in [0.1, 0.15) is 70.7 Å². The Labute approximate surface area is 276 Å². The van der Waals surface area contributed by atoms with Crippen molar-refractivity contribution in [1.82, 2.24) is 16.3 Å². The Hall–Kier alpha value is -6.91. The zero-order valence-corrected chi connectivity index (χ0v) is 26.7. The fourth-order valence-corrected chi connectivity index (χ4v) is 4.05. The van der Waals surface area contributed by atoms with E-state index in [2.05, 4.69) is 42.2 Å². The molecule has 0 aliphatic heterocycles. The van der Waals surface area contributed by atoms with Crippen LogP contribution in [-0.2, 0) is 0 Å². The van der Waals surface area contributed by atoms with Crippen molar-refractivity contribution in [2.75, 3.05) is 10.6 Å². The molecule has 0 saturated carbocycles. The number of guanidine groups is 3. The van der Waals surface area contributed by atoms with Crippen LogP contribution in [0.2, 0.25) is 0 Å². The average molecular weight is 652 g/mol. The highest BCUT2D eigenvalue weighted by molar-refractivity contribution is 6.11. The molecule has 0 aliphatic rings. The number of rotatable bonds is 11. The Balaban J connectivity index is 1.84. The molecular weight excluding hydrogens is 614 g/mol. The van der Waals surface area contributed by atoms with Crippen LogP contribution in [0.3, 0.4) is 0 Å². The molecule has 0 heterocycles. The average Bonchev–Trinajstić information content (AvgIpc) is 3.04. The van der Waals surface area contributed by atoms with E-state index < -0.39 is 11.8 Å². The second kappa shape index (κ2) is 15.9. The van der Waals surface area contributed by atoms with Crippen molar-refractivity contribution < 1.29 is 9.59 Å². The lowest BCUT2D eigenvalue weighted by molar-refractivity contribution is 0.101. The van der Waals surface area contributed by atoms with Gasteiger partial charge in [-0.1, -0.05) is 0 Å². The fourth-order valence-electron chi connectivity index (χ4n) is 4.05. The Bertz CT molecular complexity index is 1820. The van der Waals surface area contributed by atoms with Crippen molar-refractivity contribution in [3.8, 4) is 0 Å². The molecule has 0 unspecified atom stereocenters. The van der Waals surface area contributed by atoms with E-state index in [4.69, 9.17) is 38.8 Å². The van der Waals surface area contributed by atoms with E-state index >= 15 is 0 Å². The molecule has 3 aromatic carbocycles. The first-order valence-electron chi connectivity index (χ1n) is 14.2. The van der Waals surface area contributed by atoms with Gasteiger partial charge in [0, 0.05) is 44.9 Å². The minimum atomic E-state index is -0.453. The SMILES string of the molecule is CC(=N)c1cc(NC(=O)c2ccc(C(=O)Nc3cc(/C(C)=N\NC(=N)N)cc(/C(C)=N\NC(=N)N)c3)cc2)cc(/C(C)=N/NC(=N)N)c1. The molecule has 3 rings (SSSR count). The van der Waals surface area contributed by atoms with Crippen LogP contribution < -0.4 is 44.1 Å². The molecular formula is C31H37N15O2. The Morgan fingerprint density at radius 1 is 0.500 bits per heavy atom. The van der Waals surface area contributed by atoms with E-state index in [9.17, 15) is 9.59 Å². The van der Waals surface area contributed by atoms with Crippen molar-refractivity contribution >= 4 is 63.9 Å². The maximum atomic E-state index is 13.2. The van der Waals surface area contributed by atoms with Gasteiger partial charge in [0.2, 0.25) is 17.9 Å². The molecule has 2 amide bonds. The molecule has 248 valence electrons. The summed E-state index contributed by atoms with van der Waals surface area (Å²) in [5.41, 5.74) is 28.6. The van der Waals surface area contributed by atoms with E-state index in [-0.39, 0.29) is 34.7 Å². The van der Waals surface area contributed by atoms with Crippen LogP contribution in [0.5, 0.6) is 0 Å². The van der Waals surface area contributed by atoms with E-state index in [0.29, 0.717) is 50.8 Å². The summed E-state index contributed by atoms with van der Waals surface area (Å²) in [6.07, 6.45) is 0. The van der Waals surface area contributed by atoms with Crippen molar-refractivity contribution in [1.29, 1.82) is 21.6 Å². The first kappa shape index (κ1) is 35.6. The Kier molecular flexibility index (Phi) is 11.8. The van der Waals surface area contributed by atoms with E-state index in [1.165, 1.54) is 24.3 Å². The molecule has 0 spiro atoms. The number of hydrazone groups is 3. The number of carbonyl (C=O) groups is 2. The highest BCUT2D eigenvalue weighted by Crippen LogP contribution is 2.20. The fraction of sp³-hybridized carbons (Fsp3) is 0.129. The van der Waals surface area contributed by atoms with Gasteiger partial charge in [-0.25, -0.2) is 16.3 Å². The van der Waals surface area contributed by atoms with Crippen LogP contribution in [0.4, 0.5) is 11.4 Å². The number of hydrogen-bond donors (Lipinski definition) is 12. The molecule has 0 aromatic heterocycles. The van der Waals surface area contributed by atoms with Gasteiger partial charge in [0.05, 0.1) is 17.1 Å². The van der Waals surface area contributed by atoms with Crippen LogP contribution >= 0.6 is 0 Å². The summed E-state index contributed by atoms with van der Waals surface area (Å²) < 4.78 is 0. The second-order valence-electron chi connectivity index (χ2n) is 10.4. The summed E-state index contributed by atoms with van der Waals surface area (Å²) in [5, 5.41) is 47.9. The van der Waals surface area contributed by atoms with Crippen molar-refractivity contribution in [3.63, 3.8) is 0 Å². The van der Waals surface area contributed by atoms with Gasteiger partial charge < -0.3 is 33.2 Å². The van der Waals surface area contributed by atoms with Gasteiger partial charge in [0.1, 0.15) is 0 Å². The highest BCUT2D eigenvalue weighted by Gasteiger charge is 2.14. The van der Waals surface area contributed by atoms with E-state index in [1.807, 2.05) is 0 Å². The smallest absolute Gasteiger partial charge is 0.255 e. The second-order valence-corrected chi connectivity index (χ2v) is 10.4. The largest absolute Gasteiger partial charge is 0.369 e. The van der Waals surface area contributed by atoms with Gasteiger partial charge in [0.25, 0.3) is 11.8 Å². The molecule has 17 heteroatoms. The lowest BCUT2D eigenvalue weighted by Crippen LogP contribution is -2.27. The van der Waals surface area contributed by atoms with Crippen LogP contribution in [-0.4, -0.2) is 52.5 Å². The molecule has 48 heavy (non-hydrogen) atoms. The zero-order chi connectivity index (χ0) is 35.5. The van der Waals surface area contributed by atoms with Gasteiger partial charge in [-0.15, -0.1) is 0 Å². The van der Waals surface area contributed by atoms with Crippen LogP contribution in [0.15, 0.2) is 76.0 Å². The van der Waals surface area contributed by atoms with E-state index in [0.717, 1.165) is 0 Å². The van der Waals surface area contributed by atoms with Crippen LogP contribution in [0.25, 0.3) is 0 Å². The summed E-state index contributed by atoms with van der Waals surface area (Å²) in [6.45, 7) is 6.69. The maximum Gasteiger partial charge on any atom is 0.255 e. The normalized spacial score (nSPS) is 11.6. The summed E-state index contributed by atoms with van der Waals surface area (Å²) in [5.74, 6) is -1.91. The summed E-state index contributed by atoms with van der Waals surface area (Å²) in [6, 6.07) is 16.2. The first-order chi connectivity index (χ1) is 22.6. The number of nitrogens with two attached hydrogens (primary N) is 3. The topological polar surface area (TPSA) is 305 Å². The van der Waals surface area contributed by atoms with Gasteiger partial charge >= 0.3 is 0 Å². The Morgan fingerprint density at radius 3 is 1.08 bits per heavy atom. The Morgan fingerprint density at radius 2 is 0.792 bits per heavy atom. The molecule has 15 N–H and O–H groups in total. The highest BCUT2D eigenvalue weighted by atomic mass is 16.2. The monoisotopic (exact) mass is 651 g/mol. The lowest BCUT2D eigenvalue weighted by Gasteiger charge is -2.12. The molecule has 0 radical (unpaired) electrons. The number of nitrogens with zero attached hydrogens (tertiary/aromatic N) is 3. The first-order valence-corrected chi connectivity index (χ1v) is 14.2. The van der Waals surface area contributed by atoms with Gasteiger partial charge in [-0.05, 0) is 93.9 Å². The summed E-state index contributed by atoms with van der Waals surface area (Å²) in [7, 11) is 0. The molecule has 0 saturated heterocycles. The number of amides is 2. The molecule has 0 fully saturated rings. The molecule has 0 bridgehead atoms. The number of anilines is 2. The standard InChI is InChI=1S/C31H37N15O2/c1-15(32)21-9-22(16(2)41-44-29(33)34)12-25(11-21)39-27(47)19-5-7-20(8-6-19)28(48)40-26-13-23(17(3)42-45-30(35)36)10-24(14-26)18(4)43-46-31(37)38/h5-14,32H,1-4H3,(H,39,47)(H,40,48)(H4,33,34,44)(H4,35,36,45)(H4,37,38,46)/b32-15?,41-16+,42-17-,43-18-. The third-order valence-corrected chi connectivity index (χ3v) is 6.51. The van der Waals surface area contributed by atoms with E-state index in [1.54, 1.807) is 64.1 Å².